The zero-order valence-corrected chi connectivity index (χ0v) is 8.81. The number of benzene rings is 1. The zero-order chi connectivity index (χ0) is 11.9. The van der Waals surface area contributed by atoms with Crippen LogP contribution in [-0.4, -0.2) is 17.0 Å². The van der Waals surface area contributed by atoms with E-state index in [0.29, 0.717) is 5.75 Å². The maximum absolute atomic E-state index is 11.6. The highest BCUT2D eigenvalue weighted by Crippen LogP contribution is 2.31. The second-order valence-electron chi connectivity index (χ2n) is 3.91. The minimum atomic E-state index is -1.10. The molecule has 0 aliphatic carbocycles. The second-order valence-corrected chi connectivity index (χ2v) is 3.91. The second kappa shape index (κ2) is 3.44. The van der Waals surface area contributed by atoms with Crippen LogP contribution in [0.1, 0.15) is 24.2 Å². The predicted octanol–water partition coefficient (Wildman–Crippen LogP) is 0.375. The molecule has 16 heavy (non-hydrogen) atoms. The minimum Gasteiger partial charge on any atom is -0.595 e. The SMILES string of the molecule is CC1(C)OC(=O)c2cc([NH+]([O-])O)ccc2O1. The highest BCUT2D eigenvalue weighted by atomic mass is 16.8. The number of carbonyl (C=O) groups excluding carboxylic acids is 1. The average Bonchev–Trinajstić information content (AvgIpc) is 2.15. The summed E-state index contributed by atoms with van der Waals surface area (Å²) in [7, 11) is 0. The molecule has 0 radical (unpaired) electrons. The third-order valence-corrected chi connectivity index (χ3v) is 2.14. The first-order valence-electron chi connectivity index (χ1n) is 4.69. The first-order valence-corrected chi connectivity index (χ1v) is 4.69. The molecule has 1 aliphatic rings. The lowest BCUT2D eigenvalue weighted by atomic mass is 10.1. The van der Waals surface area contributed by atoms with E-state index >= 15 is 0 Å². The van der Waals surface area contributed by atoms with Gasteiger partial charge in [-0.05, 0) is 6.07 Å². The van der Waals surface area contributed by atoms with Crippen molar-refractivity contribution >= 4 is 11.7 Å². The van der Waals surface area contributed by atoms with E-state index < -0.39 is 17.0 Å². The highest BCUT2D eigenvalue weighted by Gasteiger charge is 2.34. The first-order chi connectivity index (χ1) is 7.39. The third-order valence-electron chi connectivity index (χ3n) is 2.14. The van der Waals surface area contributed by atoms with Crippen molar-refractivity contribution in [1.82, 2.24) is 0 Å². The lowest BCUT2D eigenvalue weighted by Crippen LogP contribution is -2.99. The van der Waals surface area contributed by atoms with Gasteiger partial charge in [0.1, 0.15) is 11.3 Å². The van der Waals surface area contributed by atoms with Crippen LogP contribution >= 0.6 is 0 Å². The van der Waals surface area contributed by atoms with Crippen LogP contribution in [-0.2, 0) is 4.74 Å². The topological polar surface area (TPSA) is 83.3 Å². The van der Waals surface area contributed by atoms with Crippen LogP contribution in [0.5, 0.6) is 5.75 Å². The van der Waals surface area contributed by atoms with E-state index in [-0.39, 0.29) is 11.3 Å². The number of hydrogen-bond acceptors (Lipinski definition) is 5. The molecular formula is C10H11NO5. The summed E-state index contributed by atoms with van der Waals surface area (Å²) in [6.07, 6.45) is 0. The molecule has 0 amide bonds. The van der Waals surface area contributed by atoms with Crippen LogP contribution < -0.4 is 9.96 Å². The summed E-state index contributed by atoms with van der Waals surface area (Å²) in [4.78, 5) is 11.6. The van der Waals surface area contributed by atoms with E-state index in [9.17, 15) is 10.0 Å². The summed E-state index contributed by atoms with van der Waals surface area (Å²) in [5.74, 6) is -1.25. The van der Waals surface area contributed by atoms with Crippen molar-refractivity contribution in [3.8, 4) is 5.75 Å². The number of ether oxygens (including phenoxy) is 2. The molecule has 1 unspecified atom stereocenters. The van der Waals surface area contributed by atoms with E-state index in [1.165, 1.54) is 18.2 Å². The number of carbonyl (C=O) groups is 1. The third kappa shape index (κ3) is 1.85. The number of esters is 1. The van der Waals surface area contributed by atoms with Gasteiger partial charge in [-0.25, -0.2) is 10.0 Å². The molecule has 6 nitrogen and oxygen atoms in total. The number of quaternary nitrogens is 1. The summed E-state index contributed by atoms with van der Waals surface area (Å²) >= 11 is 0. The van der Waals surface area contributed by atoms with Crippen LogP contribution in [0.25, 0.3) is 0 Å². The summed E-state index contributed by atoms with van der Waals surface area (Å²) in [6.45, 7) is 3.22. The Bertz CT molecular complexity index is 441. The highest BCUT2D eigenvalue weighted by molar-refractivity contribution is 5.94. The Morgan fingerprint density at radius 2 is 2.06 bits per heavy atom. The molecule has 86 valence electrons. The Balaban J connectivity index is 2.45. The Kier molecular flexibility index (Phi) is 2.34. The maximum Gasteiger partial charge on any atom is 0.345 e. The molecule has 1 aromatic carbocycles. The van der Waals surface area contributed by atoms with Gasteiger partial charge >= 0.3 is 5.97 Å². The van der Waals surface area contributed by atoms with Gasteiger partial charge < -0.3 is 14.7 Å². The van der Waals surface area contributed by atoms with Crippen molar-refractivity contribution in [2.75, 3.05) is 0 Å². The number of rotatable bonds is 1. The summed E-state index contributed by atoms with van der Waals surface area (Å²) in [6, 6.07) is 4.09. The predicted molar refractivity (Wildman–Crippen MR) is 52.3 cm³/mol. The van der Waals surface area contributed by atoms with Gasteiger partial charge in [0.15, 0.2) is 5.69 Å². The van der Waals surface area contributed by atoms with Gasteiger partial charge in [0.2, 0.25) is 5.79 Å². The van der Waals surface area contributed by atoms with Gasteiger partial charge in [-0.1, -0.05) is 0 Å². The van der Waals surface area contributed by atoms with Gasteiger partial charge in [0, 0.05) is 26.0 Å². The molecule has 1 aliphatic heterocycles. The first kappa shape index (κ1) is 10.9. The Morgan fingerprint density at radius 1 is 1.38 bits per heavy atom. The summed E-state index contributed by atoms with van der Waals surface area (Å²) in [5, 5.41) is 18.4. The number of hydrogen-bond donors (Lipinski definition) is 2. The van der Waals surface area contributed by atoms with E-state index in [1.807, 2.05) is 0 Å². The molecule has 1 heterocycles. The lowest BCUT2D eigenvalue weighted by molar-refractivity contribution is -0.991. The molecule has 2 rings (SSSR count). The molecule has 0 aromatic heterocycles. The summed E-state index contributed by atoms with van der Waals surface area (Å²) in [5.41, 5.74) is 0.165. The smallest absolute Gasteiger partial charge is 0.345 e. The van der Waals surface area contributed by atoms with Crippen molar-refractivity contribution in [3.05, 3.63) is 29.0 Å². The van der Waals surface area contributed by atoms with E-state index in [0.717, 1.165) is 0 Å². The molecule has 0 bridgehead atoms. The molecule has 6 heteroatoms. The fourth-order valence-corrected chi connectivity index (χ4v) is 1.48. The van der Waals surface area contributed by atoms with Crippen LogP contribution in [0, 0.1) is 5.21 Å². The average molecular weight is 225 g/mol. The van der Waals surface area contributed by atoms with E-state index in [1.54, 1.807) is 13.8 Å². The molecule has 0 saturated carbocycles. The van der Waals surface area contributed by atoms with Crippen LogP contribution in [0.4, 0.5) is 5.69 Å². The summed E-state index contributed by atoms with van der Waals surface area (Å²) < 4.78 is 10.4. The normalized spacial score (nSPS) is 19.4. The Hall–Kier alpha value is -1.63. The van der Waals surface area contributed by atoms with E-state index in [2.05, 4.69) is 0 Å². The number of fused-ring (bicyclic) bond motifs is 1. The lowest BCUT2D eigenvalue weighted by Gasteiger charge is -2.31. The largest absolute Gasteiger partial charge is 0.595 e. The number of cyclic esters (lactones) is 1. The zero-order valence-electron chi connectivity index (χ0n) is 8.81. The molecule has 1 atom stereocenters. The van der Waals surface area contributed by atoms with Crippen molar-refractivity contribution in [3.63, 3.8) is 0 Å². The van der Waals surface area contributed by atoms with Crippen molar-refractivity contribution in [2.24, 2.45) is 0 Å². The number of nitrogens with one attached hydrogen (secondary N) is 1. The van der Waals surface area contributed by atoms with Crippen molar-refractivity contribution < 1.29 is 24.7 Å². The maximum atomic E-state index is 11.6. The molecule has 0 fully saturated rings. The molecule has 1 aromatic rings. The van der Waals surface area contributed by atoms with Gasteiger partial charge in [0.05, 0.1) is 0 Å². The van der Waals surface area contributed by atoms with Crippen molar-refractivity contribution in [2.45, 2.75) is 19.6 Å². The van der Waals surface area contributed by atoms with Gasteiger partial charge in [0.25, 0.3) is 0 Å². The fourth-order valence-electron chi connectivity index (χ4n) is 1.48. The van der Waals surface area contributed by atoms with Gasteiger partial charge in [-0.2, -0.15) is 5.23 Å². The minimum absolute atomic E-state index is 0.0269. The van der Waals surface area contributed by atoms with Crippen LogP contribution in [0.3, 0.4) is 0 Å². The molecule has 2 N–H and O–H groups in total. The quantitative estimate of drug-likeness (QED) is 0.533. The standard InChI is InChI=1S/C10H11NO5/c1-10(2)15-8-4-3-6(11(13)14)5-7(8)9(12)16-10/h3-5,11,13H,1-2H3. The molecule has 0 spiro atoms. The van der Waals surface area contributed by atoms with Crippen molar-refractivity contribution in [1.29, 1.82) is 0 Å². The van der Waals surface area contributed by atoms with Crippen LogP contribution in [0.15, 0.2) is 18.2 Å². The Labute approximate surface area is 91.5 Å². The van der Waals surface area contributed by atoms with Gasteiger partial charge in [-0.3, -0.25) is 0 Å². The van der Waals surface area contributed by atoms with Gasteiger partial charge in [-0.15, -0.1) is 0 Å². The monoisotopic (exact) mass is 225 g/mol. The Morgan fingerprint density at radius 3 is 2.69 bits per heavy atom. The fraction of sp³-hybridized carbons (Fsp3) is 0.300. The molecule has 0 saturated heterocycles. The van der Waals surface area contributed by atoms with E-state index in [4.69, 9.17) is 14.7 Å². The molecular weight excluding hydrogens is 214 g/mol. The van der Waals surface area contributed by atoms with Crippen LogP contribution in [0.2, 0.25) is 0 Å².